The minimum atomic E-state index is -0.989. The van der Waals surface area contributed by atoms with Crippen LogP contribution in [0.1, 0.15) is 23.9 Å². The Hall–Kier alpha value is -2.15. The third-order valence-electron chi connectivity index (χ3n) is 3.39. The number of nitrogens with zero attached hydrogens (tertiary/aromatic N) is 3. The van der Waals surface area contributed by atoms with Gasteiger partial charge in [-0.25, -0.2) is 0 Å². The molecule has 0 saturated heterocycles. The summed E-state index contributed by atoms with van der Waals surface area (Å²) in [7, 11) is 1.79. The van der Waals surface area contributed by atoms with E-state index in [0.717, 1.165) is 16.3 Å². The quantitative estimate of drug-likeness (QED) is 0.946. The molecule has 21 heavy (non-hydrogen) atoms. The fraction of sp³-hybridized carbons (Fsp3) is 0.357. The van der Waals surface area contributed by atoms with E-state index in [0.29, 0.717) is 12.2 Å². The number of aryl methyl sites for hydroxylation is 2. The highest BCUT2D eigenvalue weighted by molar-refractivity contribution is 7.12. The second kappa shape index (κ2) is 5.00. The van der Waals surface area contributed by atoms with E-state index in [-0.39, 0.29) is 5.91 Å². The Labute approximate surface area is 126 Å². The number of amides is 1. The van der Waals surface area contributed by atoms with E-state index < -0.39 is 5.60 Å². The maximum Gasteiger partial charge on any atom is 0.272 e. The second-order valence-electron chi connectivity index (χ2n) is 5.26. The third-order valence-corrected chi connectivity index (χ3v) is 4.31. The number of aromatic nitrogens is 2. The maximum absolute atomic E-state index is 12.5. The first-order valence-electron chi connectivity index (χ1n) is 6.59. The van der Waals surface area contributed by atoms with Crippen LogP contribution < -0.4 is 5.32 Å². The van der Waals surface area contributed by atoms with Crippen LogP contribution in [0, 0.1) is 6.92 Å². The Morgan fingerprint density at radius 1 is 1.57 bits per heavy atom. The molecule has 0 aliphatic carbocycles. The molecule has 2 aromatic heterocycles. The summed E-state index contributed by atoms with van der Waals surface area (Å²) >= 11 is 1.59. The molecule has 0 bridgehead atoms. The van der Waals surface area contributed by atoms with Gasteiger partial charge in [-0.3, -0.25) is 9.48 Å². The molecule has 3 heterocycles. The zero-order valence-electron chi connectivity index (χ0n) is 12.1. The molecule has 0 fully saturated rings. The summed E-state index contributed by atoms with van der Waals surface area (Å²) in [5.74, 6) is 0.424. The first-order chi connectivity index (χ1) is 9.98. The van der Waals surface area contributed by atoms with Crippen LogP contribution in [0.4, 0.5) is 5.82 Å². The maximum atomic E-state index is 12.5. The van der Waals surface area contributed by atoms with Crippen LogP contribution in [-0.2, 0) is 16.7 Å². The summed E-state index contributed by atoms with van der Waals surface area (Å²) < 4.78 is 1.63. The van der Waals surface area contributed by atoms with Crippen LogP contribution in [0.2, 0.25) is 0 Å². The number of carbonyl (C=O) groups is 1. The fourth-order valence-corrected chi connectivity index (χ4v) is 2.92. The highest BCUT2D eigenvalue weighted by atomic mass is 32.1. The molecule has 1 amide bonds. The highest BCUT2D eigenvalue weighted by Gasteiger charge is 2.42. The lowest BCUT2D eigenvalue weighted by Crippen LogP contribution is -2.40. The van der Waals surface area contributed by atoms with Crippen molar-refractivity contribution >= 4 is 28.8 Å². The molecule has 7 heteroatoms. The minimum Gasteiger partial charge on any atom is -0.379 e. The summed E-state index contributed by atoms with van der Waals surface area (Å²) in [6, 6.07) is 5.74. The van der Waals surface area contributed by atoms with Gasteiger partial charge in [-0.15, -0.1) is 11.3 Å². The van der Waals surface area contributed by atoms with E-state index in [2.05, 4.69) is 15.6 Å². The predicted octanol–water partition coefficient (Wildman–Crippen LogP) is 2.31. The molecule has 6 nitrogen and oxygen atoms in total. The first kappa shape index (κ1) is 13.8. The molecule has 1 atom stereocenters. The number of hydrogen-bond donors (Lipinski definition) is 1. The average Bonchev–Trinajstić information content (AvgIpc) is 3.12. The number of oxime groups is 1. The van der Waals surface area contributed by atoms with Gasteiger partial charge in [0.05, 0.1) is 10.6 Å². The van der Waals surface area contributed by atoms with Crippen molar-refractivity contribution in [3.8, 4) is 0 Å². The number of anilines is 1. The normalized spacial score (nSPS) is 21.0. The number of nitrogens with one attached hydrogen (secondary N) is 1. The van der Waals surface area contributed by atoms with E-state index in [1.54, 1.807) is 30.0 Å². The average molecular weight is 304 g/mol. The van der Waals surface area contributed by atoms with Crippen LogP contribution in [0.5, 0.6) is 0 Å². The van der Waals surface area contributed by atoms with Gasteiger partial charge in [-0.1, -0.05) is 11.2 Å². The van der Waals surface area contributed by atoms with Crippen LogP contribution in [-0.4, -0.2) is 27.0 Å². The van der Waals surface area contributed by atoms with Gasteiger partial charge in [-0.05, 0) is 25.3 Å². The van der Waals surface area contributed by atoms with Gasteiger partial charge in [0.2, 0.25) is 5.60 Å². The van der Waals surface area contributed by atoms with Crippen molar-refractivity contribution in [1.82, 2.24) is 9.78 Å². The van der Waals surface area contributed by atoms with Gasteiger partial charge in [0.25, 0.3) is 5.91 Å². The van der Waals surface area contributed by atoms with E-state index in [4.69, 9.17) is 4.84 Å². The largest absolute Gasteiger partial charge is 0.379 e. The Bertz CT molecular complexity index is 705. The van der Waals surface area contributed by atoms with Gasteiger partial charge >= 0.3 is 0 Å². The van der Waals surface area contributed by atoms with E-state index >= 15 is 0 Å². The summed E-state index contributed by atoms with van der Waals surface area (Å²) in [6.07, 6.45) is 0.455. The first-order valence-corrected chi connectivity index (χ1v) is 7.47. The minimum absolute atomic E-state index is 0.221. The third kappa shape index (κ3) is 2.56. The van der Waals surface area contributed by atoms with Crippen LogP contribution in [0.15, 0.2) is 28.7 Å². The number of rotatable bonds is 3. The summed E-state index contributed by atoms with van der Waals surface area (Å²) in [5.41, 5.74) is 0.668. The smallest absolute Gasteiger partial charge is 0.272 e. The second-order valence-corrected chi connectivity index (χ2v) is 6.21. The monoisotopic (exact) mass is 304 g/mol. The van der Waals surface area contributed by atoms with Crippen molar-refractivity contribution in [2.45, 2.75) is 25.9 Å². The van der Waals surface area contributed by atoms with Gasteiger partial charge in [0.15, 0.2) is 0 Å². The lowest BCUT2D eigenvalue weighted by molar-refractivity contribution is -0.136. The molecule has 0 spiro atoms. The lowest BCUT2D eigenvalue weighted by atomic mass is 9.98. The summed E-state index contributed by atoms with van der Waals surface area (Å²) in [4.78, 5) is 18.9. The standard InChI is InChI=1S/C14H16N4O2S/c1-9-7-12(18(3)16-9)15-13(19)14(2)8-10(17-20-14)11-5-4-6-21-11/h4-7H,8H2,1-3H3,(H,15,19). The Morgan fingerprint density at radius 3 is 3.00 bits per heavy atom. The molecule has 0 radical (unpaired) electrons. The van der Waals surface area contributed by atoms with Crippen molar-refractivity contribution in [3.63, 3.8) is 0 Å². The molecular formula is C14H16N4O2S. The summed E-state index contributed by atoms with van der Waals surface area (Å²) in [5, 5.41) is 13.1. The predicted molar refractivity (Wildman–Crippen MR) is 81.5 cm³/mol. The van der Waals surface area contributed by atoms with Crippen LogP contribution >= 0.6 is 11.3 Å². The van der Waals surface area contributed by atoms with Crippen molar-refractivity contribution < 1.29 is 9.63 Å². The molecule has 1 aliphatic rings. The molecule has 110 valence electrons. The fourth-order valence-electron chi connectivity index (χ4n) is 2.21. The van der Waals surface area contributed by atoms with Gasteiger partial charge in [0.1, 0.15) is 11.5 Å². The lowest BCUT2D eigenvalue weighted by Gasteiger charge is -2.20. The van der Waals surface area contributed by atoms with Gasteiger partial charge < -0.3 is 10.2 Å². The number of carbonyl (C=O) groups excluding carboxylic acids is 1. The SMILES string of the molecule is Cc1cc(NC(=O)C2(C)CC(c3cccs3)=NO2)n(C)n1. The highest BCUT2D eigenvalue weighted by Crippen LogP contribution is 2.29. The number of thiophene rings is 1. The zero-order chi connectivity index (χ0) is 15.0. The van der Waals surface area contributed by atoms with Gasteiger partial charge in [0, 0.05) is 19.5 Å². The topological polar surface area (TPSA) is 68.5 Å². The van der Waals surface area contributed by atoms with Gasteiger partial charge in [-0.2, -0.15) is 5.10 Å². The Balaban J connectivity index is 1.72. The molecule has 2 aromatic rings. The zero-order valence-corrected chi connectivity index (χ0v) is 12.9. The van der Waals surface area contributed by atoms with Crippen molar-refractivity contribution in [2.24, 2.45) is 12.2 Å². The molecular weight excluding hydrogens is 288 g/mol. The summed E-state index contributed by atoms with van der Waals surface area (Å²) in [6.45, 7) is 3.62. The molecule has 1 aliphatic heterocycles. The molecule has 3 rings (SSSR count). The molecule has 1 N–H and O–H groups in total. The van der Waals surface area contributed by atoms with E-state index in [1.807, 2.05) is 30.5 Å². The number of hydrogen-bond acceptors (Lipinski definition) is 5. The van der Waals surface area contributed by atoms with E-state index in [1.165, 1.54) is 0 Å². The van der Waals surface area contributed by atoms with Crippen molar-refractivity contribution in [3.05, 3.63) is 34.2 Å². The molecule has 0 aromatic carbocycles. The van der Waals surface area contributed by atoms with Crippen LogP contribution in [0.25, 0.3) is 0 Å². The molecule has 0 saturated carbocycles. The van der Waals surface area contributed by atoms with E-state index in [9.17, 15) is 4.79 Å². The van der Waals surface area contributed by atoms with Crippen molar-refractivity contribution in [2.75, 3.05) is 5.32 Å². The van der Waals surface area contributed by atoms with Crippen LogP contribution in [0.3, 0.4) is 0 Å². The Kier molecular flexibility index (Phi) is 3.29. The van der Waals surface area contributed by atoms with Crippen molar-refractivity contribution in [1.29, 1.82) is 0 Å². The Morgan fingerprint density at radius 2 is 2.38 bits per heavy atom. The molecule has 1 unspecified atom stereocenters.